The summed E-state index contributed by atoms with van der Waals surface area (Å²) < 4.78 is 15.0. The summed E-state index contributed by atoms with van der Waals surface area (Å²) in [5, 5.41) is 11.1. The number of benzene rings is 5. The van der Waals surface area contributed by atoms with Crippen LogP contribution in [0.25, 0.3) is 22.4 Å². The molecule has 6 heteroatoms. The van der Waals surface area contributed by atoms with E-state index in [-0.39, 0.29) is 11.8 Å². The molecule has 1 heterocycles. The SMILES string of the molecule is COc1cc(-c2nc3ccccc3n2C(c2ccccc2)c2cc(Br)ccc2O)ccc1OCc1ccccc1. The number of aromatic nitrogens is 2. The van der Waals surface area contributed by atoms with Crippen molar-refractivity contribution in [2.45, 2.75) is 12.6 Å². The number of imidazole rings is 1. The summed E-state index contributed by atoms with van der Waals surface area (Å²) in [6, 6.07) is 39.3. The minimum atomic E-state index is -0.346. The molecule has 0 fully saturated rings. The number of fused-ring (bicyclic) bond motifs is 1. The lowest BCUT2D eigenvalue weighted by atomic mass is 9.96. The zero-order valence-electron chi connectivity index (χ0n) is 21.9. The molecule has 1 atom stereocenters. The third kappa shape index (κ3) is 5.06. The number of hydrogen-bond acceptors (Lipinski definition) is 4. The number of halogens is 1. The quantitative estimate of drug-likeness (QED) is 0.193. The highest BCUT2D eigenvalue weighted by Crippen LogP contribution is 2.41. The number of phenolic OH excluding ortho intramolecular Hbond substituents is 1. The van der Waals surface area contributed by atoms with Crippen LogP contribution in [0, 0.1) is 0 Å². The topological polar surface area (TPSA) is 56.5 Å². The predicted octanol–water partition coefficient (Wildman–Crippen LogP) is 8.40. The summed E-state index contributed by atoms with van der Waals surface area (Å²) >= 11 is 3.61. The average Bonchev–Trinajstić information content (AvgIpc) is 3.38. The van der Waals surface area contributed by atoms with E-state index in [4.69, 9.17) is 14.5 Å². The van der Waals surface area contributed by atoms with Crippen molar-refractivity contribution in [2.24, 2.45) is 0 Å². The standard InChI is InChI=1S/C34H27BrN2O3/c1-39-32-20-25(16-19-31(32)40-22-23-10-4-2-5-11-23)34-36-28-14-8-9-15-29(28)37(34)33(24-12-6-3-7-13-24)27-21-26(35)17-18-30(27)38/h2-21,33,38H,22H2,1H3. The van der Waals surface area contributed by atoms with Crippen molar-refractivity contribution in [1.29, 1.82) is 0 Å². The number of methoxy groups -OCH3 is 1. The molecular formula is C34H27BrN2O3. The highest BCUT2D eigenvalue weighted by Gasteiger charge is 2.26. The molecule has 5 nitrogen and oxygen atoms in total. The fourth-order valence-electron chi connectivity index (χ4n) is 5.02. The minimum absolute atomic E-state index is 0.211. The van der Waals surface area contributed by atoms with Crippen LogP contribution >= 0.6 is 15.9 Å². The summed E-state index contributed by atoms with van der Waals surface area (Å²) in [7, 11) is 1.64. The van der Waals surface area contributed by atoms with E-state index in [1.165, 1.54) is 0 Å². The number of rotatable bonds is 8. The molecule has 0 aliphatic heterocycles. The van der Waals surface area contributed by atoms with Crippen LogP contribution in [0.1, 0.15) is 22.7 Å². The lowest BCUT2D eigenvalue weighted by molar-refractivity contribution is 0.284. The van der Waals surface area contributed by atoms with Gasteiger partial charge in [-0.15, -0.1) is 0 Å². The summed E-state index contributed by atoms with van der Waals surface area (Å²) in [5.74, 6) is 2.24. The summed E-state index contributed by atoms with van der Waals surface area (Å²) in [6.07, 6.45) is 0. The van der Waals surface area contributed by atoms with Crippen molar-refractivity contribution in [1.82, 2.24) is 9.55 Å². The van der Waals surface area contributed by atoms with Crippen LogP contribution in [0.5, 0.6) is 17.2 Å². The van der Waals surface area contributed by atoms with E-state index < -0.39 is 0 Å². The minimum Gasteiger partial charge on any atom is -0.508 e. The van der Waals surface area contributed by atoms with Gasteiger partial charge in [-0.25, -0.2) is 4.98 Å². The Morgan fingerprint density at radius 2 is 1.52 bits per heavy atom. The molecule has 0 bridgehead atoms. The Bertz CT molecular complexity index is 1770. The number of hydrogen-bond donors (Lipinski definition) is 1. The monoisotopic (exact) mass is 590 g/mol. The van der Waals surface area contributed by atoms with E-state index in [0.29, 0.717) is 18.1 Å². The second-order valence-corrected chi connectivity index (χ2v) is 10.4. The van der Waals surface area contributed by atoms with Crippen LogP contribution in [0.2, 0.25) is 0 Å². The molecule has 0 amide bonds. The third-order valence-electron chi connectivity index (χ3n) is 6.91. The summed E-state index contributed by atoms with van der Waals surface area (Å²) in [6.45, 7) is 0.438. The maximum Gasteiger partial charge on any atom is 0.161 e. The smallest absolute Gasteiger partial charge is 0.161 e. The number of aromatic hydroxyl groups is 1. The van der Waals surface area contributed by atoms with Gasteiger partial charge in [0, 0.05) is 15.6 Å². The molecule has 40 heavy (non-hydrogen) atoms. The predicted molar refractivity (Wildman–Crippen MR) is 162 cm³/mol. The molecule has 1 aromatic heterocycles. The maximum atomic E-state index is 11.1. The van der Waals surface area contributed by atoms with Crippen molar-refractivity contribution in [3.05, 3.63) is 142 Å². The Hall–Kier alpha value is -4.55. The lowest BCUT2D eigenvalue weighted by Crippen LogP contribution is -2.14. The van der Waals surface area contributed by atoms with Gasteiger partial charge in [0.1, 0.15) is 18.2 Å². The molecular weight excluding hydrogens is 564 g/mol. The Kier molecular flexibility index (Phi) is 7.25. The summed E-state index contributed by atoms with van der Waals surface area (Å²) in [4.78, 5) is 5.08. The molecule has 6 aromatic rings. The van der Waals surface area contributed by atoms with Crippen LogP contribution in [-0.4, -0.2) is 21.8 Å². The van der Waals surface area contributed by atoms with Crippen LogP contribution in [0.4, 0.5) is 0 Å². The first-order valence-electron chi connectivity index (χ1n) is 13.0. The number of phenols is 1. The van der Waals surface area contributed by atoms with Crippen molar-refractivity contribution in [3.8, 4) is 28.6 Å². The molecule has 0 saturated heterocycles. The normalized spacial score (nSPS) is 11.8. The van der Waals surface area contributed by atoms with Gasteiger partial charge in [-0.05, 0) is 59.7 Å². The first-order valence-corrected chi connectivity index (χ1v) is 13.8. The van der Waals surface area contributed by atoms with E-state index >= 15 is 0 Å². The maximum absolute atomic E-state index is 11.1. The highest BCUT2D eigenvalue weighted by molar-refractivity contribution is 9.10. The molecule has 0 saturated carbocycles. The largest absolute Gasteiger partial charge is 0.508 e. The van der Waals surface area contributed by atoms with Crippen molar-refractivity contribution >= 4 is 27.0 Å². The first-order chi connectivity index (χ1) is 19.6. The van der Waals surface area contributed by atoms with Crippen molar-refractivity contribution < 1.29 is 14.6 Å². The van der Waals surface area contributed by atoms with E-state index in [0.717, 1.165) is 43.6 Å². The van der Waals surface area contributed by atoms with Crippen LogP contribution < -0.4 is 9.47 Å². The fraction of sp³-hybridized carbons (Fsp3) is 0.0882. The van der Waals surface area contributed by atoms with Crippen LogP contribution in [0.3, 0.4) is 0 Å². The molecule has 6 rings (SSSR count). The van der Waals surface area contributed by atoms with Gasteiger partial charge < -0.3 is 19.1 Å². The van der Waals surface area contributed by atoms with Gasteiger partial charge in [-0.1, -0.05) is 88.7 Å². The van der Waals surface area contributed by atoms with Crippen molar-refractivity contribution in [3.63, 3.8) is 0 Å². The van der Waals surface area contributed by atoms with Gasteiger partial charge >= 0.3 is 0 Å². The second-order valence-electron chi connectivity index (χ2n) is 9.45. The van der Waals surface area contributed by atoms with E-state index in [1.807, 2.05) is 97.1 Å². The zero-order valence-corrected chi connectivity index (χ0v) is 23.5. The molecule has 0 radical (unpaired) electrons. The lowest BCUT2D eigenvalue weighted by Gasteiger charge is -2.24. The highest BCUT2D eigenvalue weighted by atomic mass is 79.9. The number of nitrogens with zero attached hydrogens (tertiary/aromatic N) is 2. The zero-order chi connectivity index (χ0) is 27.5. The average molecular weight is 592 g/mol. The molecule has 198 valence electrons. The van der Waals surface area contributed by atoms with E-state index in [9.17, 15) is 5.11 Å². The van der Waals surface area contributed by atoms with Gasteiger partial charge in [-0.2, -0.15) is 0 Å². The summed E-state index contributed by atoms with van der Waals surface area (Å²) in [5.41, 5.74) is 5.55. The molecule has 1 unspecified atom stereocenters. The van der Waals surface area contributed by atoms with E-state index in [2.05, 4.69) is 38.7 Å². The third-order valence-corrected chi connectivity index (χ3v) is 7.41. The Morgan fingerprint density at radius 3 is 2.30 bits per heavy atom. The first kappa shape index (κ1) is 25.7. The number of para-hydroxylation sites is 2. The Balaban J connectivity index is 1.52. The molecule has 0 aliphatic rings. The molecule has 5 aromatic carbocycles. The van der Waals surface area contributed by atoms with Crippen LogP contribution in [-0.2, 0) is 6.61 Å². The van der Waals surface area contributed by atoms with Gasteiger partial charge in [0.15, 0.2) is 11.5 Å². The fourth-order valence-corrected chi connectivity index (χ4v) is 5.40. The van der Waals surface area contributed by atoms with Crippen molar-refractivity contribution in [2.75, 3.05) is 7.11 Å². The molecule has 1 N–H and O–H groups in total. The van der Waals surface area contributed by atoms with Gasteiger partial charge in [-0.3, -0.25) is 0 Å². The number of ether oxygens (including phenoxy) is 2. The van der Waals surface area contributed by atoms with Gasteiger partial charge in [0.05, 0.1) is 24.2 Å². The Labute approximate surface area is 241 Å². The van der Waals surface area contributed by atoms with Gasteiger partial charge in [0.25, 0.3) is 0 Å². The molecule has 0 spiro atoms. The molecule has 0 aliphatic carbocycles. The van der Waals surface area contributed by atoms with E-state index in [1.54, 1.807) is 13.2 Å². The Morgan fingerprint density at radius 1 is 0.800 bits per heavy atom. The second kappa shape index (κ2) is 11.3. The van der Waals surface area contributed by atoms with Gasteiger partial charge in [0.2, 0.25) is 0 Å². The van der Waals surface area contributed by atoms with Crippen LogP contribution in [0.15, 0.2) is 126 Å².